The number of ketones is 1. The van der Waals surface area contributed by atoms with Gasteiger partial charge >= 0.3 is 6.09 Å². The molecule has 0 aromatic carbocycles. The van der Waals surface area contributed by atoms with Crippen LogP contribution in [0.5, 0.6) is 0 Å². The lowest BCUT2D eigenvalue weighted by Crippen LogP contribution is -2.49. The smallest absolute Gasteiger partial charge is 0.417 e. The van der Waals surface area contributed by atoms with Gasteiger partial charge in [-0.05, 0) is 33.1 Å². The number of ether oxygens (including phenoxy) is 1. The highest BCUT2D eigenvalue weighted by molar-refractivity contribution is 6.06. The Bertz CT molecular complexity index is 381. The molecule has 0 spiro atoms. The van der Waals surface area contributed by atoms with E-state index in [9.17, 15) is 14.4 Å². The summed E-state index contributed by atoms with van der Waals surface area (Å²) in [6.45, 7) is 9.41. The summed E-state index contributed by atoms with van der Waals surface area (Å²) in [5.41, 5.74) is -0.646. The first kappa shape index (κ1) is 15.7. The topological polar surface area (TPSA) is 63.7 Å². The predicted molar refractivity (Wildman–Crippen MR) is 70.5 cm³/mol. The Kier molecular flexibility index (Phi) is 4.71. The minimum Gasteiger partial charge on any atom is -0.443 e. The van der Waals surface area contributed by atoms with Gasteiger partial charge in [-0.1, -0.05) is 13.8 Å². The summed E-state index contributed by atoms with van der Waals surface area (Å²) in [7, 11) is 0. The summed E-state index contributed by atoms with van der Waals surface area (Å²) in [6, 6.07) is 0. The predicted octanol–water partition coefficient (Wildman–Crippen LogP) is 2.39. The van der Waals surface area contributed by atoms with Crippen LogP contribution in [0.1, 0.15) is 47.5 Å². The summed E-state index contributed by atoms with van der Waals surface area (Å²) in [5.74, 6) is -0.439. The highest BCUT2D eigenvalue weighted by Gasteiger charge is 2.37. The zero-order valence-corrected chi connectivity index (χ0v) is 12.4. The molecule has 0 aliphatic carbocycles. The van der Waals surface area contributed by atoms with Gasteiger partial charge in [0.2, 0.25) is 5.91 Å². The lowest BCUT2D eigenvalue weighted by atomic mass is 9.88. The maximum Gasteiger partial charge on any atom is 0.417 e. The SMILES string of the molecule is CC(C)CC1CN(C(=O)OC(C)(C)C)C(=O)CC1=O. The second kappa shape index (κ2) is 5.72. The first-order valence-electron chi connectivity index (χ1n) is 6.66. The van der Waals surface area contributed by atoms with E-state index in [4.69, 9.17) is 4.74 Å². The Morgan fingerprint density at radius 3 is 2.42 bits per heavy atom. The third-order valence-corrected chi connectivity index (χ3v) is 2.85. The summed E-state index contributed by atoms with van der Waals surface area (Å²) >= 11 is 0. The van der Waals surface area contributed by atoms with Gasteiger partial charge in [-0.15, -0.1) is 0 Å². The van der Waals surface area contributed by atoms with Crippen molar-refractivity contribution < 1.29 is 19.1 Å². The highest BCUT2D eigenvalue weighted by Crippen LogP contribution is 2.23. The molecule has 19 heavy (non-hydrogen) atoms. The minimum atomic E-state index is -0.654. The molecule has 1 saturated heterocycles. The van der Waals surface area contributed by atoms with Gasteiger partial charge in [0, 0.05) is 12.5 Å². The molecule has 108 valence electrons. The lowest BCUT2D eigenvalue weighted by molar-refractivity contribution is -0.141. The van der Waals surface area contributed by atoms with Gasteiger partial charge in [0.05, 0.1) is 6.42 Å². The zero-order valence-electron chi connectivity index (χ0n) is 12.4. The average molecular weight is 269 g/mol. The second-order valence-electron chi connectivity index (χ2n) is 6.45. The quantitative estimate of drug-likeness (QED) is 0.722. The molecule has 0 aromatic rings. The number of Topliss-reactive ketones (excluding diaryl/α,β-unsaturated/α-hetero) is 1. The molecule has 1 fully saturated rings. The molecular formula is C14H23NO4. The first-order valence-corrected chi connectivity index (χ1v) is 6.66. The number of likely N-dealkylation sites (tertiary alicyclic amines) is 1. The average Bonchev–Trinajstić information content (AvgIpc) is 2.18. The minimum absolute atomic E-state index is 0.0708. The number of hydrogen-bond acceptors (Lipinski definition) is 4. The van der Waals surface area contributed by atoms with Crippen molar-refractivity contribution in [2.45, 2.75) is 53.1 Å². The Morgan fingerprint density at radius 1 is 1.37 bits per heavy atom. The van der Waals surface area contributed by atoms with Crippen LogP contribution in [0.15, 0.2) is 0 Å². The van der Waals surface area contributed by atoms with E-state index in [0.29, 0.717) is 12.3 Å². The third-order valence-electron chi connectivity index (χ3n) is 2.85. The number of amides is 2. The Balaban J connectivity index is 2.75. The number of nitrogens with zero attached hydrogens (tertiary/aromatic N) is 1. The van der Waals surface area contributed by atoms with Gasteiger partial charge in [-0.3, -0.25) is 9.59 Å². The maximum absolute atomic E-state index is 11.9. The summed E-state index contributed by atoms with van der Waals surface area (Å²) in [6.07, 6.45) is -0.166. The lowest BCUT2D eigenvalue weighted by Gasteiger charge is -2.32. The second-order valence-corrected chi connectivity index (χ2v) is 6.45. The van der Waals surface area contributed by atoms with Crippen molar-refractivity contribution in [3.8, 4) is 0 Å². The van der Waals surface area contributed by atoms with E-state index >= 15 is 0 Å². The molecule has 5 nitrogen and oxygen atoms in total. The normalized spacial score (nSPS) is 20.9. The van der Waals surface area contributed by atoms with Crippen LogP contribution in [-0.2, 0) is 14.3 Å². The van der Waals surface area contributed by atoms with E-state index in [0.717, 1.165) is 4.90 Å². The summed E-state index contributed by atoms with van der Waals surface area (Å²) < 4.78 is 5.19. The van der Waals surface area contributed by atoms with Crippen LogP contribution >= 0.6 is 0 Å². The third kappa shape index (κ3) is 4.65. The molecular weight excluding hydrogens is 246 g/mol. The first-order chi connectivity index (χ1) is 8.60. The van der Waals surface area contributed by atoms with Gasteiger partial charge in [-0.25, -0.2) is 9.69 Å². The van der Waals surface area contributed by atoms with Crippen molar-refractivity contribution >= 4 is 17.8 Å². The Morgan fingerprint density at radius 2 is 1.95 bits per heavy atom. The number of imide groups is 1. The van der Waals surface area contributed by atoms with Crippen LogP contribution in [-0.4, -0.2) is 34.8 Å². The fourth-order valence-corrected chi connectivity index (χ4v) is 2.08. The molecule has 1 aliphatic heterocycles. The number of piperidine rings is 1. The Labute approximate surface area is 114 Å². The molecule has 5 heteroatoms. The number of rotatable bonds is 2. The molecule has 0 radical (unpaired) electrons. The number of carbonyl (C=O) groups is 3. The van der Waals surface area contributed by atoms with Gasteiger partial charge in [-0.2, -0.15) is 0 Å². The fraction of sp³-hybridized carbons (Fsp3) is 0.786. The van der Waals surface area contributed by atoms with Gasteiger partial charge < -0.3 is 4.74 Å². The van der Waals surface area contributed by atoms with Gasteiger partial charge in [0.15, 0.2) is 0 Å². The van der Waals surface area contributed by atoms with Crippen LogP contribution in [0.4, 0.5) is 4.79 Å². The molecule has 0 saturated carbocycles. The number of hydrogen-bond donors (Lipinski definition) is 0. The van der Waals surface area contributed by atoms with Crippen molar-refractivity contribution in [3.05, 3.63) is 0 Å². The highest BCUT2D eigenvalue weighted by atomic mass is 16.6. The molecule has 0 bridgehead atoms. The molecule has 1 rings (SSSR count). The van der Waals surface area contributed by atoms with E-state index in [-0.39, 0.29) is 24.7 Å². The van der Waals surface area contributed by atoms with E-state index in [1.807, 2.05) is 13.8 Å². The van der Waals surface area contributed by atoms with Crippen LogP contribution in [0.2, 0.25) is 0 Å². The fourth-order valence-electron chi connectivity index (χ4n) is 2.08. The maximum atomic E-state index is 11.9. The molecule has 1 atom stereocenters. The molecule has 1 heterocycles. The van der Waals surface area contributed by atoms with Gasteiger partial charge in [0.25, 0.3) is 0 Å². The van der Waals surface area contributed by atoms with Crippen LogP contribution in [0.3, 0.4) is 0 Å². The van der Waals surface area contributed by atoms with Crippen LogP contribution in [0.25, 0.3) is 0 Å². The molecule has 0 aromatic heterocycles. The van der Waals surface area contributed by atoms with Crippen LogP contribution < -0.4 is 0 Å². The van der Waals surface area contributed by atoms with Crippen molar-refractivity contribution in [1.82, 2.24) is 4.90 Å². The Hall–Kier alpha value is -1.39. The monoisotopic (exact) mass is 269 g/mol. The van der Waals surface area contributed by atoms with E-state index < -0.39 is 17.6 Å². The standard InChI is InChI=1S/C14H23NO4/c1-9(2)6-10-8-15(12(17)7-11(10)16)13(18)19-14(3,4)5/h9-10H,6-8H2,1-5H3. The van der Waals surface area contributed by atoms with Crippen molar-refractivity contribution in [2.75, 3.05) is 6.54 Å². The number of carbonyl (C=O) groups excluding carboxylic acids is 3. The van der Waals surface area contributed by atoms with Crippen LogP contribution in [0, 0.1) is 11.8 Å². The van der Waals surface area contributed by atoms with Crippen molar-refractivity contribution in [1.29, 1.82) is 0 Å². The zero-order chi connectivity index (χ0) is 14.8. The van der Waals surface area contributed by atoms with Crippen molar-refractivity contribution in [3.63, 3.8) is 0 Å². The summed E-state index contributed by atoms with van der Waals surface area (Å²) in [5, 5.41) is 0. The molecule has 1 unspecified atom stereocenters. The van der Waals surface area contributed by atoms with Crippen molar-refractivity contribution in [2.24, 2.45) is 11.8 Å². The van der Waals surface area contributed by atoms with E-state index in [1.54, 1.807) is 20.8 Å². The summed E-state index contributed by atoms with van der Waals surface area (Å²) in [4.78, 5) is 36.6. The van der Waals surface area contributed by atoms with E-state index in [1.165, 1.54) is 0 Å². The van der Waals surface area contributed by atoms with Gasteiger partial charge in [0.1, 0.15) is 11.4 Å². The van der Waals surface area contributed by atoms with E-state index in [2.05, 4.69) is 0 Å². The molecule has 0 N–H and O–H groups in total. The largest absolute Gasteiger partial charge is 0.443 e. The molecule has 2 amide bonds. The molecule has 1 aliphatic rings.